The summed E-state index contributed by atoms with van der Waals surface area (Å²) in [5.74, 6) is -0.131. The number of thioether (sulfide) groups is 1. The van der Waals surface area contributed by atoms with Gasteiger partial charge in [-0.1, -0.05) is 30.3 Å². The van der Waals surface area contributed by atoms with Crippen molar-refractivity contribution in [3.05, 3.63) is 34.9 Å². The molecule has 106 valence electrons. The number of anilines is 1. The van der Waals surface area contributed by atoms with Crippen molar-refractivity contribution in [2.24, 2.45) is 0 Å². The van der Waals surface area contributed by atoms with Crippen LogP contribution in [0.3, 0.4) is 0 Å². The molecule has 0 spiro atoms. The first-order valence-corrected chi connectivity index (χ1v) is 7.15. The van der Waals surface area contributed by atoms with Crippen molar-refractivity contribution in [3.8, 4) is 0 Å². The third kappa shape index (κ3) is 3.94. The van der Waals surface area contributed by atoms with Gasteiger partial charge in [0, 0.05) is 6.42 Å². The van der Waals surface area contributed by atoms with Crippen molar-refractivity contribution < 1.29 is 13.6 Å². The summed E-state index contributed by atoms with van der Waals surface area (Å²) in [5, 5.41) is 10.6. The molecule has 0 aliphatic heterocycles. The quantitative estimate of drug-likeness (QED) is 0.858. The van der Waals surface area contributed by atoms with Gasteiger partial charge in [0.15, 0.2) is 0 Å². The van der Waals surface area contributed by atoms with E-state index in [0.717, 1.165) is 17.8 Å². The first-order chi connectivity index (χ1) is 9.58. The molecule has 20 heavy (non-hydrogen) atoms. The van der Waals surface area contributed by atoms with Gasteiger partial charge in [0.25, 0.3) is 5.22 Å². The molecule has 1 amide bonds. The number of nitrogens with zero attached hydrogens (tertiary/aromatic N) is 2. The van der Waals surface area contributed by atoms with E-state index in [2.05, 4.69) is 15.5 Å². The van der Waals surface area contributed by atoms with Gasteiger partial charge >= 0.3 is 0 Å². The van der Waals surface area contributed by atoms with Crippen LogP contribution in [0.4, 0.5) is 10.1 Å². The van der Waals surface area contributed by atoms with E-state index in [4.69, 9.17) is 16.0 Å². The summed E-state index contributed by atoms with van der Waals surface area (Å²) in [6, 6.07) is 3.76. The van der Waals surface area contributed by atoms with Gasteiger partial charge in [-0.05, 0) is 18.2 Å². The highest BCUT2D eigenvalue weighted by molar-refractivity contribution is 7.99. The van der Waals surface area contributed by atoms with Crippen molar-refractivity contribution in [3.63, 3.8) is 0 Å². The molecule has 0 atom stereocenters. The normalized spacial score (nSPS) is 10.6. The number of hydrogen-bond donors (Lipinski definition) is 1. The Morgan fingerprint density at radius 3 is 2.95 bits per heavy atom. The predicted octanol–water partition coefficient (Wildman–Crippen LogP) is 3.16. The summed E-state index contributed by atoms with van der Waals surface area (Å²) < 4.78 is 18.1. The molecular formula is C12H11ClFN3O2S. The molecule has 0 bridgehead atoms. The van der Waals surface area contributed by atoms with Crippen molar-refractivity contribution >= 4 is 35.0 Å². The lowest BCUT2D eigenvalue weighted by Crippen LogP contribution is -2.14. The van der Waals surface area contributed by atoms with Gasteiger partial charge in [-0.15, -0.1) is 10.2 Å². The van der Waals surface area contributed by atoms with Crippen LogP contribution in [0.1, 0.15) is 12.8 Å². The standard InChI is InChI=1S/C12H11ClFN3O2S/c1-2-11-16-17-12(19-11)20-6-10(18)15-9-4-3-7(14)5-8(9)13/h3-5H,2,6H2,1H3,(H,15,18). The molecule has 0 saturated heterocycles. The number of carbonyl (C=O) groups excluding carboxylic acids is 1. The molecule has 2 aromatic rings. The van der Waals surface area contributed by atoms with E-state index in [1.165, 1.54) is 12.1 Å². The van der Waals surface area contributed by atoms with Gasteiger partial charge in [0.1, 0.15) is 5.82 Å². The number of aryl methyl sites for hydroxylation is 1. The summed E-state index contributed by atoms with van der Waals surface area (Å²) >= 11 is 6.93. The minimum Gasteiger partial charge on any atom is -0.416 e. The average Bonchev–Trinajstić information content (AvgIpc) is 2.88. The topological polar surface area (TPSA) is 68.0 Å². The van der Waals surface area contributed by atoms with E-state index in [0.29, 0.717) is 23.2 Å². The van der Waals surface area contributed by atoms with Crippen LogP contribution in [0.15, 0.2) is 27.8 Å². The molecule has 8 heteroatoms. The van der Waals surface area contributed by atoms with Gasteiger partial charge < -0.3 is 9.73 Å². The molecule has 1 N–H and O–H groups in total. The SMILES string of the molecule is CCc1nnc(SCC(=O)Nc2ccc(F)cc2Cl)o1. The third-order valence-electron chi connectivity index (χ3n) is 2.28. The van der Waals surface area contributed by atoms with Crippen LogP contribution in [-0.4, -0.2) is 21.9 Å². The van der Waals surface area contributed by atoms with E-state index in [1.807, 2.05) is 6.92 Å². The van der Waals surface area contributed by atoms with E-state index >= 15 is 0 Å². The lowest BCUT2D eigenvalue weighted by molar-refractivity contribution is -0.113. The number of amides is 1. The number of benzene rings is 1. The average molecular weight is 316 g/mol. The second-order valence-electron chi connectivity index (χ2n) is 3.78. The maximum atomic E-state index is 12.9. The number of nitrogens with one attached hydrogen (secondary N) is 1. The van der Waals surface area contributed by atoms with Gasteiger partial charge in [-0.2, -0.15) is 0 Å². The highest BCUT2D eigenvalue weighted by atomic mass is 35.5. The number of halogens is 2. The minimum atomic E-state index is -0.458. The molecular weight excluding hydrogens is 305 g/mol. The summed E-state index contributed by atoms with van der Waals surface area (Å²) in [4.78, 5) is 11.7. The molecule has 2 rings (SSSR count). The summed E-state index contributed by atoms with van der Waals surface area (Å²) in [7, 11) is 0. The largest absolute Gasteiger partial charge is 0.416 e. The Bertz CT molecular complexity index is 620. The second-order valence-corrected chi connectivity index (χ2v) is 5.11. The fourth-order valence-electron chi connectivity index (χ4n) is 1.34. The van der Waals surface area contributed by atoms with Crippen molar-refractivity contribution in [2.45, 2.75) is 18.6 Å². The van der Waals surface area contributed by atoms with E-state index in [1.54, 1.807) is 0 Å². The molecule has 1 aromatic carbocycles. The van der Waals surface area contributed by atoms with Gasteiger partial charge in [0.05, 0.1) is 16.5 Å². The van der Waals surface area contributed by atoms with Crippen LogP contribution in [-0.2, 0) is 11.2 Å². The Hall–Kier alpha value is -1.60. The molecule has 0 aliphatic rings. The van der Waals surface area contributed by atoms with Gasteiger partial charge in [0.2, 0.25) is 11.8 Å². The smallest absolute Gasteiger partial charge is 0.277 e. The molecule has 5 nitrogen and oxygen atoms in total. The molecule has 0 unspecified atom stereocenters. The summed E-state index contributed by atoms with van der Waals surface area (Å²) in [5.41, 5.74) is 0.360. The third-order valence-corrected chi connectivity index (χ3v) is 3.41. The van der Waals surface area contributed by atoms with E-state index in [-0.39, 0.29) is 16.7 Å². The maximum absolute atomic E-state index is 12.9. The van der Waals surface area contributed by atoms with Crippen LogP contribution >= 0.6 is 23.4 Å². The minimum absolute atomic E-state index is 0.0963. The molecule has 0 radical (unpaired) electrons. The summed E-state index contributed by atoms with van der Waals surface area (Å²) in [6.45, 7) is 1.89. The molecule has 1 aromatic heterocycles. The zero-order valence-electron chi connectivity index (χ0n) is 10.5. The zero-order chi connectivity index (χ0) is 14.5. The van der Waals surface area contributed by atoms with Crippen LogP contribution in [0.25, 0.3) is 0 Å². The first kappa shape index (κ1) is 14.8. The monoisotopic (exact) mass is 315 g/mol. The Labute approximate surface area is 123 Å². The fraction of sp³-hybridized carbons (Fsp3) is 0.250. The lowest BCUT2D eigenvalue weighted by Gasteiger charge is -2.06. The Morgan fingerprint density at radius 1 is 1.50 bits per heavy atom. The van der Waals surface area contributed by atoms with E-state index in [9.17, 15) is 9.18 Å². The van der Waals surface area contributed by atoms with E-state index < -0.39 is 5.82 Å². The zero-order valence-corrected chi connectivity index (χ0v) is 12.1. The van der Waals surface area contributed by atoms with Crippen molar-refractivity contribution in [2.75, 3.05) is 11.1 Å². The van der Waals surface area contributed by atoms with Crippen molar-refractivity contribution in [1.29, 1.82) is 0 Å². The lowest BCUT2D eigenvalue weighted by atomic mass is 10.3. The van der Waals surface area contributed by atoms with Crippen LogP contribution in [0.2, 0.25) is 5.02 Å². The Kier molecular flexibility index (Phi) is 4.97. The first-order valence-electron chi connectivity index (χ1n) is 5.78. The van der Waals surface area contributed by atoms with Crippen molar-refractivity contribution in [1.82, 2.24) is 10.2 Å². The van der Waals surface area contributed by atoms with Crippen LogP contribution < -0.4 is 5.32 Å². The Balaban J connectivity index is 1.89. The molecule has 0 fully saturated rings. The van der Waals surface area contributed by atoms with Crippen LogP contribution in [0.5, 0.6) is 0 Å². The molecule has 1 heterocycles. The highest BCUT2D eigenvalue weighted by Crippen LogP contribution is 2.23. The second kappa shape index (κ2) is 6.71. The summed E-state index contributed by atoms with van der Waals surface area (Å²) in [6.07, 6.45) is 0.644. The van der Waals surface area contributed by atoms with Gasteiger partial charge in [-0.3, -0.25) is 4.79 Å². The maximum Gasteiger partial charge on any atom is 0.277 e. The fourth-order valence-corrected chi connectivity index (χ4v) is 2.14. The molecule has 0 saturated carbocycles. The van der Waals surface area contributed by atoms with Gasteiger partial charge in [-0.25, -0.2) is 4.39 Å². The number of aromatic nitrogens is 2. The van der Waals surface area contributed by atoms with Crippen LogP contribution in [0, 0.1) is 5.82 Å². The number of hydrogen-bond acceptors (Lipinski definition) is 5. The number of carbonyl (C=O) groups is 1. The molecule has 0 aliphatic carbocycles. The Morgan fingerprint density at radius 2 is 2.30 bits per heavy atom. The predicted molar refractivity (Wildman–Crippen MR) is 74.4 cm³/mol. The number of rotatable bonds is 5. The highest BCUT2D eigenvalue weighted by Gasteiger charge is 2.10.